The molecule has 0 aliphatic carbocycles. The summed E-state index contributed by atoms with van der Waals surface area (Å²) in [4.78, 5) is 2.38. The molecule has 0 saturated carbocycles. The molecule has 2 aromatic heterocycles. The third kappa shape index (κ3) is 5.32. The second-order valence-electron chi connectivity index (χ2n) is 14.1. The van der Waals surface area contributed by atoms with Gasteiger partial charge in [-0.1, -0.05) is 146 Å². The maximum Gasteiger partial charge on any atom is 0.143 e. The lowest BCUT2D eigenvalue weighted by molar-refractivity contribution is 0.670. The lowest BCUT2D eigenvalue weighted by Gasteiger charge is -2.28. The summed E-state index contributed by atoms with van der Waals surface area (Å²) in [6, 6.07) is 72.1. The second kappa shape index (κ2) is 12.9. The van der Waals surface area contributed by atoms with Crippen molar-refractivity contribution in [2.75, 3.05) is 4.90 Å². The molecule has 0 bridgehead atoms. The van der Waals surface area contributed by atoms with Crippen molar-refractivity contribution in [1.29, 1.82) is 0 Å². The van der Waals surface area contributed by atoms with E-state index in [1.165, 1.54) is 53.2 Å². The largest absolute Gasteiger partial charge is 0.455 e. The highest BCUT2D eigenvalue weighted by Gasteiger charge is 2.19. The van der Waals surface area contributed by atoms with Crippen LogP contribution in [-0.4, -0.2) is 0 Å². The SMILES string of the molecule is c1ccc(-c2ccccc2N(c2ccc(-c3cccc4c3oc3ccccc34)cc2)c2ccc(-c3cccc4sc5cc6ccccc6cc5c34)cc2)cc1. The highest BCUT2D eigenvalue weighted by molar-refractivity contribution is 7.26. The van der Waals surface area contributed by atoms with Crippen molar-refractivity contribution in [2.45, 2.75) is 0 Å². The van der Waals surface area contributed by atoms with Crippen LogP contribution in [0.5, 0.6) is 0 Å². The van der Waals surface area contributed by atoms with Crippen molar-refractivity contribution in [1.82, 2.24) is 0 Å². The van der Waals surface area contributed by atoms with Gasteiger partial charge in [0.25, 0.3) is 0 Å². The van der Waals surface area contributed by atoms with Crippen LogP contribution in [0.25, 0.3) is 86.3 Å². The van der Waals surface area contributed by atoms with E-state index in [4.69, 9.17) is 4.42 Å². The van der Waals surface area contributed by atoms with Gasteiger partial charge in [0.2, 0.25) is 0 Å². The van der Waals surface area contributed by atoms with Gasteiger partial charge in [0.1, 0.15) is 11.2 Å². The van der Waals surface area contributed by atoms with Crippen LogP contribution in [0, 0.1) is 0 Å². The number of rotatable bonds is 6. The maximum atomic E-state index is 6.42. The predicted molar refractivity (Wildman–Crippen MR) is 235 cm³/mol. The first-order chi connectivity index (χ1) is 27.3. The number of hydrogen-bond donors (Lipinski definition) is 0. The number of hydrogen-bond acceptors (Lipinski definition) is 3. The first-order valence-electron chi connectivity index (χ1n) is 18.7. The Labute approximate surface area is 322 Å². The van der Waals surface area contributed by atoms with Gasteiger partial charge in [-0.3, -0.25) is 0 Å². The molecule has 0 atom stereocenters. The average molecular weight is 720 g/mol. The van der Waals surface area contributed by atoms with Crippen LogP contribution in [0.1, 0.15) is 0 Å². The Balaban J connectivity index is 1.04. The second-order valence-corrected chi connectivity index (χ2v) is 15.2. The standard InChI is InChI=1S/C52H33NOS/c1-2-12-34(13-3-1)41-16-6-8-21-47(41)53(40-30-26-36(27-31-40)43-19-10-20-45-44-17-7-9-22-48(44)54-52(43)45)39-28-24-35(25-29-39)42-18-11-23-49-51(42)46-32-37-14-4-5-15-38(37)33-50(46)55-49/h1-33H. The number of benzene rings is 9. The molecule has 2 heterocycles. The molecule has 258 valence electrons. The average Bonchev–Trinajstić information content (AvgIpc) is 3.82. The fraction of sp³-hybridized carbons (Fsp3) is 0. The highest BCUT2D eigenvalue weighted by Crippen LogP contribution is 2.45. The number of para-hydroxylation sites is 3. The Bertz CT molecular complexity index is 3190. The van der Waals surface area contributed by atoms with E-state index in [1.54, 1.807) is 0 Å². The van der Waals surface area contributed by atoms with Crippen molar-refractivity contribution in [3.8, 4) is 33.4 Å². The molecule has 0 saturated heterocycles. The van der Waals surface area contributed by atoms with Crippen LogP contribution >= 0.6 is 11.3 Å². The third-order valence-electron chi connectivity index (χ3n) is 10.9. The molecule has 0 aliphatic heterocycles. The number of nitrogens with zero attached hydrogens (tertiary/aromatic N) is 1. The molecule has 0 N–H and O–H groups in total. The van der Waals surface area contributed by atoms with Crippen LogP contribution in [0.3, 0.4) is 0 Å². The zero-order chi connectivity index (χ0) is 36.3. The van der Waals surface area contributed by atoms with Gasteiger partial charge in [-0.15, -0.1) is 11.3 Å². The van der Waals surface area contributed by atoms with E-state index in [0.29, 0.717) is 0 Å². The fourth-order valence-electron chi connectivity index (χ4n) is 8.26. The Hall–Kier alpha value is -6.94. The summed E-state index contributed by atoms with van der Waals surface area (Å²) in [6.07, 6.45) is 0. The Kier molecular flexibility index (Phi) is 7.39. The zero-order valence-electron chi connectivity index (χ0n) is 29.8. The van der Waals surface area contributed by atoms with Crippen LogP contribution < -0.4 is 4.90 Å². The van der Waals surface area contributed by atoms with Crippen molar-refractivity contribution >= 4 is 81.3 Å². The van der Waals surface area contributed by atoms with E-state index >= 15 is 0 Å². The summed E-state index contributed by atoms with van der Waals surface area (Å²) in [5.74, 6) is 0. The monoisotopic (exact) mass is 719 g/mol. The van der Waals surface area contributed by atoms with E-state index in [-0.39, 0.29) is 0 Å². The Morgan fingerprint density at radius 1 is 0.382 bits per heavy atom. The molecule has 0 spiro atoms. The van der Waals surface area contributed by atoms with E-state index in [2.05, 4.69) is 193 Å². The summed E-state index contributed by atoms with van der Waals surface area (Å²) < 4.78 is 9.05. The smallest absolute Gasteiger partial charge is 0.143 e. The van der Waals surface area contributed by atoms with E-state index in [9.17, 15) is 0 Å². The summed E-state index contributed by atoms with van der Waals surface area (Å²) in [6.45, 7) is 0. The Morgan fingerprint density at radius 3 is 1.76 bits per heavy atom. The van der Waals surface area contributed by atoms with Crippen LogP contribution in [0.15, 0.2) is 205 Å². The van der Waals surface area contributed by atoms with Crippen molar-refractivity contribution in [3.63, 3.8) is 0 Å². The Morgan fingerprint density at radius 2 is 0.964 bits per heavy atom. The van der Waals surface area contributed by atoms with Crippen LogP contribution in [0.2, 0.25) is 0 Å². The van der Waals surface area contributed by atoms with E-state index < -0.39 is 0 Å². The van der Waals surface area contributed by atoms with Gasteiger partial charge in [0.05, 0.1) is 5.69 Å². The minimum absolute atomic E-state index is 0.908. The van der Waals surface area contributed by atoms with E-state index in [1.807, 2.05) is 23.5 Å². The van der Waals surface area contributed by atoms with Crippen molar-refractivity contribution in [3.05, 3.63) is 200 Å². The third-order valence-corrected chi connectivity index (χ3v) is 12.0. The molecule has 3 heteroatoms. The minimum atomic E-state index is 0.908. The number of thiophene rings is 1. The summed E-state index contributed by atoms with van der Waals surface area (Å²) in [5, 5.41) is 7.46. The van der Waals surface area contributed by atoms with Gasteiger partial charge in [0.15, 0.2) is 0 Å². The number of anilines is 3. The number of furan rings is 1. The molecule has 11 rings (SSSR count). The van der Waals surface area contributed by atoms with Gasteiger partial charge in [-0.05, 0) is 87.6 Å². The lowest BCUT2D eigenvalue weighted by atomic mass is 9.97. The number of fused-ring (bicyclic) bond motifs is 7. The first-order valence-corrected chi connectivity index (χ1v) is 19.5. The topological polar surface area (TPSA) is 16.4 Å². The summed E-state index contributed by atoms with van der Waals surface area (Å²) in [7, 11) is 0. The van der Waals surface area contributed by atoms with Gasteiger partial charge < -0.3 is 9.32 Å². The van der Waals surface area contributed by atoms with E-state index in [0.717, 1.165) is 50.1 Å². The summed E-state index contributed by atoms with van der Waals surface area (Å²) >= 11 is 1.87. The lowest BCUT2D eigenvalue weighted by Crippen LogP contribution is -2.11. The maximum absolute atomic E-state index is 6.42. The molecule has 2 nitrogen and oxygen atoms in total. The summed E-state index contributed by atoms with van der Waals surface area (Å²) in [5.41, 5.74) is 12.1. The molecule has 0 unspecified atom stereocenters. The molecule has 0 aliphatic rings. The van der Waals surface area contributed by atoms with Crippen molar-refractivity contribution in [2.24, 2.45) is 0 Å². The molecular formula is C52H33NOS. The van der Waals surface area contributed by atoms with Crippen molar-refractivity contribution < 1.29 is 4.42 Å². The van der Waals surface area contributed by atoms with Gasteiger partial charge >= 0.3 is 0 Å². The first kappa shape index (κ1) is 31.6. The molecule has 0 fully saturated rings. The predicted octanol–water partition coefficient (Wildman–Crippen LogP) is 15.6. The van der Waals surface area contributed by atoms with Crippen LogP contribution in [-0.2, 0) is 0 Å². The van der Waals surface area contributed by atoms with Gasteiger partial charge in [-0.2, -0.15) is 0 Å². The minimum Gasteiger partial charge on any atom is -0.455 e. The normalized spacial score (nSPS) is 11.6. The van der Waals surface area contributed by atoms with Crippen LogP contribution in [0.4, 0.5) is 17.1 Å². The molecule has 11 aromatic rings. The van der Waals surface area contributed by atoms with Gasteiger partial charge in [-0.25, -0.2) is 0 Å². The molecule has 9 aromatic carbocycles. The molecule has 0 radical (unpaired) electrons. The van der Waals surface area contributed by atoms with Gasteiger partial charge in [0, 0.05) is 53.4 Å². The molecular weight excluding hydrogens is 687 g/mol. The quantitative estimate of drug-likeness (QED) is 0.170. The zero-order valence-corrected chi connectivity index (χ0v) is 30.6. The fourth-order valence-corrected chi connectivity index (χ4v) is 9.43. The highest BCUT2D eigenvalue weighted by atomic mass is 32.1. The molecule has 55 heavy (non-hydrogen) atoms. The molecule has 0 amide bonds.